The zero-order valence-electron chi connectivity index (χ0n) is 11.9. The highest BCUT2D eigenvalue weighted by Crippen LogP contribution is 2.19. The monoisotopic (exact) mass is 241 g/mol. The van der Waals surface area contributed by atoms with Crippen molar-refractivity contribution in [3.8, 4) is 0 Å². The van der Waals surface area contributed by atoms with Crippen molar-refractivity contribution in [3.63, 3.8) is 0 Å². The molecule has 17 heavy (non-hydrogen) atoms. The first kappa shape index (κ1) is 14.5. The molecular weight excluding hydrogens is 214 g/mol. The van der Waals surface area contributed by atoms with Crippen LogP contribution in [0, 0.1) is 11.8 Å². The molecule has 4 heteroatoms. The predicted molar refractivity (Wildman–Crippen MR) is 70.9 cm³/mol. The average Bonchev–Trinajstić information content (AvgIpc) is 2.64. The number of carbonyl (C=O) groups is 1. The molecular formula is C13H27N3O. The van der Waals surface area contributed by atoms with Crippen LogP contribution in [0.4, 0.5) is 0 Å². The molecule has 0 aromatic rings. The van der Waals surface area contributed by atoms with Gasteiger partial charge in [-0.25, -0.2) is 0 Å². The Bertz CT molecular complexity index is 255. The van der Waals surface area contributed by atoms with E-state index in [0.717, 1.165) is 26.2 Å². The van der Waals surface area contributed by atoms with Crippen molar-refractivity contribution in [2.75, 3.05) is 40.3 Å². The van der Waals surface area contributed by atoms with Crippen molar-refractivity contribution in [3.05, 3.63) is 0 Å². The SMILES string of the molecule is CCN(C(=O)C1CNCC1C)C(C)CN(C)C. The Balaban J connectivity index is 2.62. The van der Waals surface area contributed by atoms with E-state index >= 15 is 0 Å². The molecule has 1 aliphatic rings. The van der Waals surface area contributed by atoms with Crippen molar-refractivity contribution in [2.45, 2.75) is 26.8 Å². The second-order valence-electron chi connectivity index (χ2n) is 5.48. The molecule has 0 spiro atoms. The van der Waals surface area contributed by atoms with Crippen LogP contribution in [0.3, 0.4) is 0 Å². The lowest BCUT2D eigenvalue weighted by Gasteiger charge is -2.33. The van der Waals surface area contributed by atoms with E-state index in [2.05, 4.69) is 45.1 Å². The number of likely N-dealkylation sites (N-methyl/N-ethyl adjacent to an activating group) is 2. The molecule has 1 aliphatic heterocycles. The molecule has 1 fully saturated rings. The minimum atomic E-state index is 0.166. The van der Waals surface area contributed by atoms with E-state index in [-0.39, 0.29) is 12.0 Å². The van der Waals surface area contributed by atoms with Crippen molar-refractivity contribution in [2.24, 2.45) is 11.8 Å². The third-order valence-electron chi connectivity index (χ3n) is 3.62. The predicted octanol–water partition coefficient (Wildman–Crippen LogP) is 0.641. The minimum absolute atomic E-state index is 0.166. The van der Waals surface area contributed by atoms with Gasteiger partial charge in [0.25, 0.3) is 0 Å². The number of carbonyl (C=O) groups excluding carboxylic acids is 1. The van der Waals surface area contributed by atoms with Gasteiger partial charge in [-0.3, -0.25) is 4.79 Å². The number of hydrogen-bond donors (Lipinski definition) is 1. The topological polar surface area (TPSA) is 35.6 Å². The summed E-state index contributed by atoms with van der Waals surface area (Å²) in [7, 11) is 4.10. The summed E-state index contributed by atoms with van der Waals surface area (Å²) in [6.07, 6.45) is 0. The van der Waals surface area contributed by atoms with E-state index < -0.39 is 0 Å². The Labute approximate surface area is 105 Å². The summed E-state index contributed by atoms with van der Waals surface area (Å²) in [5, 5.41) is 3.30. The molecule has 0 aromatic heterocycles. The van der Waals surface area contributed by atoms with Crippen molar-refractivity contribution >= 4 is 5.91 Å². The molecule has 0 aliphatic carbocycles. The Hall–Kier alpha value is -0.610. The molecule has 0 aromatic carbocycles. The lowest BCUT2D eigenvalue weighted by molar-refractivity contribution is -0.138. The van der Waals surface area contributed by atoms with Crippen LogP contribution >= 0.6 is 0 Å². The van der Waals surface area contributed by atoms with E-state index in [0.29, 0.717) is 11.8 Å². The van der Waals surface area contributed by atoms with Gasteiger partial charge in [0, 0.05) is 25.7 Å². The van der Waals surface area contributed by atoms with Gasteiger partial charge in [-0.1, -0.05) is 6.92 Å². The van der Waals surface area contributed by atoms with Crippen LogP contribution < -0.4 is 5.32 Å². The molecule has 1 heterocycles. The summed E-state index contributed by atoms with van der Waals surface area (Å²) in [5.74, 6) is 0.946. The van der Waals surface area contributed by atoms with Gasteiger partial charge in [0.05, 0.1) is 5.92 Å². The fraction of sp³-hybridized carbons (Fsp3) is 0.923. The Morgan fingerprint density at radius 3 is 2.47 bits per heavy atom. The summed E-state index contributed by atoms with van der Waals surface area (Å²) in [5.41, 5.74) is 0. The second kappa shape index (κ2) is 6.36. The van der Waals surface area contributed by atoms with Crippen molar-refractivity contribution in [1.29, 1.82) is 0 Å². The molecule has 1 rings (SSSR count). The summed E-state index contributed by atoms with van der Waals surface area (Å²) < 4.78 is 0. The third-order valence-corrected chi connectivity index (χ3v) is 3.62. The summed E-state index contributed by atoms with van der Waals surface area (Å²) >= 11 is 0. The number of rotatable bonds is 5. The Morgan fingerprint density at radius 1 is 1.41 bits per heavy atom. The van der Waals surface area contributed by atoms with Gasteiger partial charge >= 0.3 is 0 Å². The number of hydrogen-bond acceptors (Lipinski definition) is 3. The first-order valence-electron chi connectivity index (χ1n) is 6.63. The van der Waals surface area contributed by atoms with Crippen LogP contribution in [0.5, 0.6) is 0 Å². The first-order valence-corrected chi connectivity index (χ1v) is 6.63. The molecule has 0 bridgehead atoms. The molecule has 1 N–H and O–H groups in total. The molecule has 0 saturated carbocycles. The maximum atomic E-state index is 12.5. The van der Waals surface area contributed by atoms with E-state index in [1.807, 2.05) is 4.90 Å². The second-order valence-corrected chi connectivity index (χ2v) is 5.48. The molecule has 1 amide bonds. The van der Waals surface area contributed by atoms with E-state index in [1.165, 1.54) is 0 Å². The van der Waals surface area contributed by atoms with Gasteiger partial charge < -0.3 is 15.1 Å². The molecule has 1 saturated heterocycles. The number of nitrogens with one attached hydrogen (secondary N) is 1. The van der Waals surface area contributed by atoms with Crippen LogP contribution in [0.2, 0.25) is 0 Å². The van der Waals surface area contributed by atoms with Gasteiger partial charge in [-0.15, -0.1) is 0 Å². The van der Waals surface area contributed by atoms with E-state index in [1.54, 1.807) is 0 Å². The summed E-state index contributed by atoms with van der Waals surface area (Å²) in [6.45, 7) is 9.89. The maximum absolute atomic E-state index is 12.5. The van der Waals surface area contributed by atoms with Crippen LogP contribution in [0.15, 0.2) is 0 Å². The Morgan fingerprint density at radius 2 is 2.06 bits per heavy atom. The largest absolute Gasteiger partial charge is 0.339 e. The van der Waals surface area contributed by atoms with Crippen LogP contribution in [-0.2, 0) is 4.79 Å². The quantitative estimate of drug-likeness (QED) is 0.767. The summed E-state index contributed by atoms with van der Waals surface area (Å²) in [6, 6.07) is 0.287. The smallest absolute Gasteiger partial charge is 0.227 e. The van der Waals surface area contributed by atoms with E-state index in [9.17, 15) is 4.79 Å². The highest BCUT2D eigenvalue weighted by Gasteiger charge is 2.33. The maximum Gasteiger partial charge on any atom is 0.227 e. The fourth-order valence-corrected chi connectivity index (χ4v) is 2.67. The molecule has 0 radical (unpaired) electrons. The van der Waals surface area contributed by atoms with Crippen LogP contribution in [0.1, 0.15) is 20.8 Å². The van der Waals surface area contributed by atoms with Crippen molar-refractivity contribution in [1.82, 2.24) is 15.1 Å². The molecule has 100 valence electrons. The highest BCUT2D eigenvalue weighted by molar-refractivity contribution is 5.80. The number of nitrogens with zero attached hydrogens (tertiary/aromatic N) is 2. The normalized spacial score (nSPS) is 26.2. The molecule has 3 unspecified atom stereocenters. The highest BCUT2D eigenvalue weighted by atomic mass is 16.2. The molecule has 3 atom stereocenters. The minimum Gasteiger partial charge on any atom is -0.339 e. The van der Waals surface area contributed by atoms with Crippen LogP contribution in [-0.4, -0.2) is 62.0 Å². The van der Waals surface area contributed by atoms with Gasteiger partial charge in [0.2, 0.25) is 5.91 Å². The van der Waals surface area contributed by atoms with Crippen LogP contribution in [0.25, 0.3) is 0 Å². The lowest BCUT2D eigenvalue weighted by Crippen LogP contribution is -2.47. The third kappa shape index (κ3) is 3.68. The Kier molecular flexibility index (Phi) is 5.40. The average molecular weight is 241 g/mol. The van der Waals surface area contributed by atoms with E-state index in [4.69, 9.17) is 0 Å². The summed E-state index contributed by atoms with van der Waals surface area (Å²) in [4.78, 5) is 16.6. The standard InChI is InChI=1S/C13H27N3O/c1-6-16(11(3)9-15(4)5)13(17)12-8-14-7-10(12)2/h10-12,14H,6-9H2,1-5H3. The number of amides is 1. The zero-order chi connectivity index (χ0) is 13.0. The van der Waals surface area contributed by atoms with Crippen molar-refractivity contribution < 1.29 is 4.79 Å². The first-order chi connectivity index (χ1) is 7.97. The van der Waals surface area contributed by atoms with Gasteiger partial charge in [0.15, 0.2) is 0 Å². The molecule has 4 nitrogen and oxygen atoms in total. The van der Waals surface area contributed by atoms with Gasteiger partial charge in [-0.05, 0) is 40.4 Å². The van der Waals surface area contributed by atoms with Gasteiger partial charge in [-0.2, -0.15) is 0 Å². The van der Waals surface area contributed by atoms with Gasteiger partial charge in [0.1, 0.15) is 0 Å². The lowest BCUT2D eigenvalue weighted by atomic mass is 9.96. The fourth-order valence-electron chi connectivity index (χ4n) is 2.67. The zero-order valence-corrected chi connectivity index (χ0v) is 11.9.